The zero-order valence-electron chi connectivity index (χ0n) is 13.4. The van der Waals surface area contributed by atoms with Gasteiger partial charge in [0.25, 0.3) is 0 Å². The van der Waals surface area contributed by atoms with Gasteiger partial charge in [0.05, 0.1) is 11.5 Å². The summed E-state index contributed by atoms with van der Waals surface area (Å²) in [5.74, 6) is -1.97. The van der Waals surface area contributed by atoms with Gasteiger partial charge in [0.1, 0.15) is 0 Å². The van der Waals surface area contributed by atoms with E-state index >= 15 is 0 Å². The Bertz CT molecular complexity index is 797. The summed E-state index contributed by atoms with van der Waals surface area (Å²) in [6.45, 7) is 4.21. The largest absolute Gasteiger partial charge is 0.465 e. The topological polar surface area (TPSA) is 63.7 Å². The lowest BCUT2D eigenvalue weighted by molar-refractivity contribution is -0.147. The summed E-state index contributed by atoms with van der Waals surface area (Å²) in [4.78, 5) is 39.5. The molecule has 0 aliphatic carbocycles. The number of nitrogens with zero attached hydrogens (tertiary/aromatic N) is 1. The van der Waals surface area contributed by atoms with Crippen molar-refractivity contribution in [2.75, 3.05) is 18.1 Å². The average molecular weight is 343 g/mol. The molecular weight excluding hydrogens is 326 g/mol. The molecule has 0 spiro atoms. The Labute approximate surface area is 143 Å². The number of esters is 1. The number of amides is 1. The molecule has 1 unspecified atom stereocenters. The number of fused-ring (bicyclic) bond motifs is 1. The number of carbonyl (C=O) groups is 3. The third-order valence-corrected chi connectivity index (χ3v) is 4.86. The van der Waals surface area contributed by atoms with Gasteiger partial charge in [-0.25, -0.2) is 0 Å². The van der Waals surface area contributed by atoms with Gasteiger partial charge in [0.2, 0.25) is 11.7 Å². The maximum atomic E-state index is 12.6. The van der Waals surface area contributed by atoms with Gasteiger partial charge in [-0.3, -0.25) is 14.4 Å². The minimum Gasteiger partial charge on any atom is -0.465 e. The van der Waals surface area contributed by atoms with Crippen LogP contribution in [0.2, 0.25) is 0 Å². The Kier molecular flexibility index (Phi) is 4.49. The molecule has 1 aliphatic rings. The summed E-state index contributed by atoms with van der Waals surface area (Å²) >= 11 is 1.36. The van der Waals surface area contributed by atoms with Gasteiger partial charge in [-0.15, -0.1) is 11.3 Å². The Hall–Kier alpha value is -2.47. The van der Waals surface area contributed by atoms with Gasteiger partial charge in [-0.05, 0) is 43.5 Å². The van der Waals surface area contributed by atoms with Crippen LogP contribution in [0.1, 0.15) is 40.6 Å². The van der Waals surface area contributed by atoms with E-state index < -0.39 is 11.9 Å². The number of hydrogen-bond acceptors (Lipinski definition) is 5. The first-order valence-electron chi connectivity index (χ1n) is 7.78. The quantitative estimate of drug-likeness (QED) is 0.476. The van der Waals surface area contributed by atoms with Crippen molar-refractivity contribution in [1.29, 1.82) is 0 Å². The monoisotopic (exact) mass is 343 g/mol. The van der Waals surface area contributed by atoms with Crippen molar-refractivity contribution >= 4 is 34.7 Å². The van der Waals surface area contributed by atoms with Crippen LogP contribution in [0, 0.1) is 0 Å². The Morgan fingerprint density at radius 1 is 1.25 bits per heavy atom. The SMILES string of the molecule is CCOC(=O)C1C(=O)N(CC)c2ccc(C(=O)c3cccs3)cc21. The summed E-state index contributed by atoms with van der Waals surface area (Å²) in [7, 11) is 0. The van der Waals surface area contributed by atoms with E-state index in [1.54, 1.807) is 36.1 Å². The van der Waals surface area contributed by atoms with Gasteiger partial charge >= 0.3 is 5.97 Å². The van der Waals surface area contributed by atoms with Gasteiger partial charge in [0, 0.05) is 23.4 Å². The molecule has 1 aliphatic heterocycles. The van der Waals surface area contributed by atoms with Crippen LogP contribution in [0.5, 0.6) is 0 Å². The first kappa shape index (κ1) is 16.4. The van der Waals surface area contributed by atoms with E-state index in [-0.39, 0.29) is 18.3 Å². The van der Waals surface area contributed by atoms with Crippen molar-refractivity contribution in [2.24, 2.45) is 0 Å². The van der Waals surface area contributed by atoms with Crippen LogP contribution in [0.15, 0.2) is 35.7 Å². The number of likely N-dealkylation sites (N-methyl/N-ethyl adjacent to an activating group) is 1. The van der Waals surface area contributed by atoms with Crippen LogP contribution < -0.4 is 4.90 Å². The van der Waals surface area contributed by atoms with Crippen molar-refractivity contribution < 1.29 is 19.1 Å². The number of carbonyl (C=O) groups excluding carboxylic acids is 3. The Morgan fingerprint density at radius 2 is 2.04 bits per heavy atom. The van der Waals surface area contributed by atoms with E-state index in [1.807, 2.05) is 18.4 Å². The summed E-state index contributed by atoms with van der Waals surface area (Å²) in [5.41, 5.74) is 1.68. The number of thiophene rings is 1. The molecular formula is C18H17NO4S. The van der Waals surface area contributed by atoms with Crippen LogP contribution in [-0.4, -0.2) is 30.8 Å². The molecule has 0 fully saturated rings. The summed E-state index contributed by atoms with van der Waals surface area (Å²) in [6, 6.07) is 8.65. The fraction of sp³-hybridized carbons (Fsp3) is 0.278. The highest BCUT2D eigenvalue weighted by Gasteiger charge is 2.42. The highest BCUT2D eigenvalue weighted by Crippen LogP contribution is 2.39. The summed E-state index contributed by atoms with van der Waals surface area (Å²) in [5, 5.41) is 1.84. The molecule has 24 heavy (non-hydrogen) atoms. The lowest BCUT2D eigenvalue weighted by Crippen LogP contribution is -2.32. The minimum atomic E-state index is -0.990. The molecule has 1 atom stereocenters. The van der Waals surface area contributed by atoms with Crippen LogP contribution in [0.4, 0.5) is 5.69 Å². The molecule has 0 saturated heterocycles. The number of benzene rings is 1. The van der Waals surface area contributed by atoms with E-state index in [0.29, 0.717) is 28.2 Å². The highest BCUT2D eigenvalue weighted by atomic mass is 32.1. The van der Waals surface area contributed by atoms with Crippen LogP contribution >= 0.6 is 11.3 Å². The Balaban J connectivity index is 2.04. The van der Waals surface area contributed by atoms with Crippen molar-refractivity contribution in [3.8, 4) is 0 Å². The third kappa shape index (κ3) is 2.63. The molecule has 0 saturated carbocycles. The third-order valence-electron chi connectivity index (χ3n) is 3.99. The number of anilines is 1. The first-order valence-corrected chi connectivity index (χ1v) is 8.66. The van der Waals surface area contributed by atoms with Gasteiger partial charge in [0.15, 0.2) is 5.92 Å². The van der Waals surface area contributed by atoms with E-state index in [4.69, 9.17) is 4.74 Å². The van der Waals surface area contributed by atoms with Crippen LogP contribution in [0.3, 0.4) is 0 Å². The second-order valence-corrected chi connectivity index (χ2v) is 6.30. The molecule has 0 N–H and O–H groups in total. The van der Waals surface area contributed by atoms with E-state index in [9.17, 15) is 14.4 Å². The van der Waals surface area contributed by atoms with Gasteiger partial charge < -0.3 is 9.64 Å². The maximum Gasteiger partial charge on any atom is 0.323 e. The molecule has 2 aromatic rings. The molecule has 5 nitrogen and oxygen atoms in total. The van der Waals surface area contributed by atoms with E-state index in [0.717, 1.165) is 0 Å². The zero-order chi connectivity index (χ0) is 17.3. The molecule has 0 radical (unpaired) electrons. The molecule has 0 bridgehead atoms. The van der Waals surface area contributed by atoms with Crippen molar-refractivity contribution in [3.63, 3.8) is 0 Å². The standard InChI is InChI=1S/C18H17NO4S/c1-3-19-13-8-7-11(16(20)14-6-5-9-24-14)10-12(13)15(17(19)21)18(22)23-4-2/h5-10,15H,3-4H2,1-2H3. The zero-order valence-corrected chi connectivity index (χ0v) is 14.3. The average Bonchev–Trinajstić information content (AvgIpc) is 3.19. The fourth-order valence-corrected chi connectivity index (χ4v) is 3.60. The maximum absolute atomic E-state index is 12.6. The van der Waals surface area contributed by atoms with Crippen LogP contribution in [-0.2, 0) is 14.3 Å². The fourth-order valence-electron chi connectivity index (χ4n) is 2.91. The number of ketones is 1. The predicted molar refractivity (Wildman–Crippen MR) is 91.6 cm³/mol. The normalized spacial score (nSPS) is 16.2. The van der Waals surface area contributed by atoms with Crippen molar-refractivity contribution in [1.82, 2.24) is 0 Å². The molecule has 1 aromatic heterocycles. The smallest absolute Gasteiger partial charge is 0.323 e. The van der Waals surface area contributed by atoms with Crippen molar-refractivity contribution in [2.45, 2.75) is 19.8 Å². The second kappa shape index (κ2) is 6.57. The van der Waals surface area contributed by atoms with E-state index in [1.165, 1.54) is 11.3 Å². The van der Waals surface area contributed by atoms with Gasteiger partial charge in [-0.2, -0.15) is 0 Å². The van der Waals surface area contributed by atoms with E-state index in [2.05, 4.69) is 0 Å². The summed E-state index contributed by atoms with van der Waals surface area (Å²) < 4.78 is 5.05. The van der Waals surface area contributed by atoms with Crippen LogP contribution in [0.25, 0.3) is 0 Å². The number of rotatable bonds is 5. The molecule has 6 heteroatoms. The predicted octanol–water partition coefficient (Wildman–Crippen LogP) is 2.99. The Morgan fingerprint density at radius 3 is 2.67 bits per heavy atom. The molecule has 2 heterocycles. The molecule has 1 amide bonds. The highest BCUT2D eigenvalue weighted by molar-refractivity contribution is 7.12. The number of ether oxygens (including phenoxy) is 1. The number of hydrogen-bond donors (Lipinski definition) is 0. The molecule has 1 aromatic carbocycles. The first-order chi connectivity index (χ1) is 11.6. The van der Waals surface area contributed by atoms with Crippen molar-refractivity contribution in [3.05, 3.63) is 51.7 Å². The lowest BCUT2D eigenvalue weighted by Gasteiger charge is -2.14. The van der Waals surface area contributed by atoms with Gasteiger partial charge in [-0.1, -0.05) is 6.07 Å². The minimum absolute atomic E-state index is 0.113. The molecule has 3 rings (SSSR count). The summed E-state index contributed by atoms with van der Waals surface area (Å²) in [6.07, 6.45) is 0. The molecule has 124 valence electrons. The lowest BCUT2D eigenvalue weighted by atomic mass is 9.97. The second-order valence-electron chi connectivity index (χ2n) is 5.35.